The average Bonchev–Trinajstić information content (AvgIpc) is 3.39. The van der Waals surface area contributed by atoms with Crippen LogP contribution in [0.25, 0.3) is 10.8 Å². The molecule has 1 atom stereocenters. The fourth-order valence-electron chi connectivity index (χ4n) is 5.22. The third-order valence-electron chi connectivity index (χ3n) is 6.57. The van der Waals surface area contributed by atoms with Crippen LogP contribution in [0.2, 0.25) is 0 Å². The summed E-state index contributed by atoms with van der Waals surface area (Å²) in [7, 11) is -6.98. The number of amides is 1. The number of rotatable bonds is 4. The molecule has 9 heteroatoms. The first-order chi connectivity index (χ1) is 14.3. The largest absolute Gasteiger partial charge is 0.334 e. The molecule has 2 heterocycles. The highest BCUT2D eigenvalue weighted by atomic mass is 32.2. The van der Waals surface area contributed by atoms with Crippen molar-refractivity contribution in [2.75, 3.05) is 22.4 Å². The van der Waals surface area contributed by atoms with Gasteiger partial charge in [-0.05, 0) is 36.8 Å². The molecule has 2 aromatic rings. The van der Waals surface area contributed by atoms with E-state index >= 15 is 0 Å². The molecule has 1 saturated carbocycles. The number of anilines is 1. The van der Waals surface area contributed by atoms with Gasteiger partial charge in [0.25, 0.3) is 10.0 Å². The minimum atomic E-state index is -3.83. The van der Waals surface area contributed by atoms with Crippen molar-refractivity contribution in [3.63, 3.8) is 0 Å². The third kappa shape index (κ3) is 3.10. The van der Waals surface area contributed by atoms with Gasteiger partial charge in [0.2, 0.25) is 5.91 Å². The summed E-state index contributed by atoms with van der Waals surface area (Å²) in [6.07, 6.45) is 4.10. The first-order valence-electron chi connectivity index (χ1n) is 10.3. The third-order valence-corrected chi connectivity index (χ3v) is 10.1. The van der Waals surface area contributed by atoms with Crippen molar-refractivity contribution in [1.82, 2.24) is 4.90 Å². The van der Waals surface area contributed by atoms with Crippen molar-refractivity contribution >= 4 is 42.2 Å². The van der Waals surface area contributed by atoms with Crippen LogP contribution in [0.1, 0.15) is 32.1 Å². The van der Waals surface area contributed by atoms with Gasteiger partial charge in [-0.25, -0.2) is 16.8 Å². The monoisotopic (exact) mass is 448 g/mol. The summed E-state index contributed by atoms with van der Waals surface area (Å²) in [6, 6.07) is 10.1. The van der Waals surface area contributed by atoms with Crippen LogP contribution in [-0.4, -0.2) is 57.8 Å². The zero-order valence-corrected chi connectivity index (χ0v) is 18.2. The molecule has 0 bridgehead atoms. The predicted octanol–water partition coefficient (Wildman–Crippen LogP) is 2.31. The van der Waals surface area contributed by atoms with Crippen LogP contribution in [0.4, 0.5) is 5.69 Å². The van der Waals surface area contributed by atoms with E-state index in [0.29, 0.717) is 17.5 Å². The van der Waals surface area contributed by atoms with Crippen molar-refractivity contribution in [1.29, 1.82) is 0 Å². The summed E-state index contributed by atoms with van der Waals surface area (Å²) in [4.78, 5) is 15.4. The Labute approximate surface area is 176 Å². The molecule has 30 heavy (non-hydrogen) atoms. The molecule has 2 fully saturated rings. The van der Waals surface area contributed by atoms with Crippen LogP contribution >= 0.6 is 0 Å². The van der Waals surface area contributed by atoms with Crippen molar-refractivity contribution in [2.45, 2.75) is 49.1 Å². The zero-order valence-electron chi connectivity index (χ0n) is 16.5. The zero-order chi connectivity index (χ0) is 21.1. The van der Waals surface area contributed by atoms with Crippen molar-refractivity contribution in [3.05, 3.63) is 36.4 Å². The van der Waals surface area contributed by atoms with Gasteiger partial charge in [0, 0.05) is 17.5 Å². The lowest BCUT2D eigenvalue weighted by atomic mass is 10.1. The Hall–Kier alpha value is -2.13. The Kier molecular flexibility index (Phi) is 4.59. The molecule has 1 saturated heterocycles. The summed E-state index contributed by atoms with van der Waals surface area (Å²) in [6.45, 7) is -0.302. The SMILES string of the molecule is O=C(CN1c2cccc3cccc(c23)S1(=O)=O)N(C1CCCC1)C1CCS(=O)(=O)C1. The molecule has 1 unspecified atom stereocenters. The van der Waals surface area contributed by atoms with Gasteiger partial charge in [-0.15, -0.1) is 0 Å². The summed E-state index contributed by atoms with van der Waals surface area (Å²) in [5.41, 5.74) is 0.516. The first-order valence-corrected chi connectivity index (χ1v) is 13.6. The Balaban J connectivity index is 1.50. The highest BCUT2D eigenvalue weighted by molar-refractivity contribution is 7.93. The van der Waals surface area contributed by atoms with Crippen molar-refractivity contribution < 1.29 is 21.6 Å². The number of sulfonamides is 1. The molecule has 5 rings (SSSR count). The molecule has 160 valence electrons. The fourth-order valence-corrected chi connectivity index (χ4v) is 8.59. The first kappa shape index (κ1) is 19.8. The lowest BCUT2D eigenvalue weighted by molar-refractivity contribution is -0.133. The maximum atomic E-state index is 13.5. The normalized spacial score (nSPS) is 24.5. The van der Waals surface area contributed by atoms with Crippen molar-refractivity contribution in [2.24, 2.45) is 0 Å². The predicted molar refractivity (Wildman–Crippen MR) is 115 cm³/mol. The average molecular weight is 449 g/mol. The van der Waals surface area contributed by atoms with Gasteiger partial charge in [0.1, 0.15) is 6.54 Å². The molecule has 1 aliphatic carbocycles. The second kappa shape index (κ2) is 6.95. The molecule has 0 aromatic heterocycles. The Morgan fingerprint density at radius 1 is 0.967 bits per heavy atom. The second-order valence-electron chi connectivity index (χ2n) is 8.44. The molecule has 1 amide bonds. The number of sulfone groups is 1. The van der Waals surface area contributed by atoms with Gasteiger partial charge in [0.05, 0.1) is 22.1 Å². The van der Waals surface area contributed by atoms with Crippen LogP contribution < -0.4 is 4.31 Å². The minimum Gasteiger partial charge on any atom is -0.334 e. The molecule has 0 N–H and O–H groups in total. The highest BCUT2D eigenvalue weighted by Crippen LogP contribution is 2.42. The maximum Gasteiger partial charge on any atom is 0.265 e. The van der Waals surface area contributed by atoms with Crippen LogP contribution in [0.15, 0.2) is 41.3 Å². The minimum absolute atomic E-state index is 0.0146. The van der Waals surface area contributed by atoms with E-state index in [1.807, 2.05) is 12.1 Å². The van der Waals surface area contributed by atoms with Crippen LogP contribution in [0.3, 0.4) is 0 Å². The molecule has 3 aliphatic rings. The quantitative estimate of drug-likeness (QED) is 0.716. The highest BCUT2D eigenvalue weighted by Gasteiger charge is 2.42. The van der Waals surface area contributed by atoms with E-state index in [9.17, 15) is 21.6 Å². The molecule has 2 aromatic carbocycles. The number of hydrogen-bond acceptors (Lipinski definition) is 5. The van der Waals surface area contributed by atoms with Crippen LogP contribution in [0.5, 0.6) is 0 Å². The van der Waals surface area contributed by atoms with Gasteiger partial charge in [-0.3, -0.25) is 9.10 Å². The Bertz CT molecular complexity index is 1230. The number of hydrogen-bond donors (Lipinski definition) is 0. The summed E-state index contributed by atoms with van der Waals surface area (Å²) >= 11 is 0. The molecule has 0 radical (unpaired) electrons. The fraction of sp³-hybridized carbons (Fsp3) is 0.476. The topological polar surface area (TPSA) is 91.8 Å². The van der Waals surface area contributed by atoms with Crippen molar-refractivity contribution in [3.8, 4) is 0 Å². The Morgan fingerprint density at radius 3 is 2.33 bits per heavy atom. The number of carbonyl (C=O) groups is 1. The summed E-state index contributed by atoms with van der Waals surface area (Å²) in [5.74, 6) is -0.254. The van der Waals surface area contributed by atoms with E-state index < -0.39 is 19.9 Å². The lowest BCUT2D eigenvalue weighted by Gasteiger charge is -2.35. The molecular formula is C21H24N2O5S2. The summed E-state index contributed by atoms with van der Waals surface area (Å²) < 4.78 is 51.8. The van der Waals surface area contributed by atoms with E-state index in [1.54, 1.807) is 29.2 Å². The lowest BCUT2D eigenvalue weighted by Crippen LogP contribution is -2.51. The molecule has 7 nitrogen and oxygen atoms in total. The van der Waals surface area contributed by atoms with Gasteiger partial charge in [-0.1, -0.05) is 37.1 Å². The molecular weight excluding hydrogens is 424 g/mol. The second-order valence-corrected chi connectivity index (χ2v) is 12.5. The van der Waals surface area contributed by atoms with E-state index in [1.165, 1.54) is 4.31 Å². The van der Waals surface area contributed by atoms with Crippen LogP contribution in [0, 0.1) is 0 Å². The number of carbonyl (C=O) groups excluding carboxylic acids is 1. The van der Waals surface area contributed by atoms with Gasteiger partial charge in [0.15, 0.2) is 9.84 Å². The number of nitrogens with zero attached hydrogens (tertiary/aromatic N) is 2. The van der Waals surface area contributed by atoms with Gasteiger partial charge >= 0.3 is 0 Å². The van der Waals surface area contributed by atoms with E-state index in [2.05, 4.69) is 0 Å². The van der Waals surface area contributed by atoms with Crippen LogP contribution in [-0.2, 0) is 24.7 Å². The van der Waals surface area contributed by atoms with Gasteiger partial charge in [-0.2, -0.15) is 0 Å². The number of benzene rings is 2. The standard InChI is InChI=1S/C21H24N2O5S2/c24-20(23(16-7-1-2-8-16)17-11-12-29(25,26)14-17)13-22-18-9-3-5-15-6-4-10-19(21(15)18)30(22,27)28/h3-6,9-10,16-17H,1-2,7-8,11-14H2. The van der Waals surface area contributed by atoms with Gasteiger partial charge < -0.3 is 4.90 Å². The van der Waals surface area contributed by atoms with E-state index in [4.69, 9.17) is 0 Å². The smallest absolute Gasteiger partial charge is 0.265 e. The van der Waals surface area contributed by atoms with E-state index in [-0.39, 0.29) is 40.9 Å². The molecule has 2 aliphatic heterocycles. The summed E-state index contributed by atoms with van der Waals surface area (Å²) in [5, 5.41) is 1.46. The Morgan fingerprint density at radius 2 is 1.67 bits per heavy atom. The van der Waals surface area contributed by atoms with E-state index in [0.717, 1.165) is 31.1 Å². The maximum absolute atomic E-state index is 13.5. The molecule has 0 spiro atoms.